The van der Waals surface area contributed by atoms with Crippen LogP contribution in [0.4, 0.5) is 5.95 Å². The van der Waals surface area contributed by atoms with E-state index in [1.54, 1.807) is 12.4 Å². The van der Waals surface area contributed by atoms with E-state index in [0.29, 0.717) is 23.6 Å². The summed E-state index contributed by atoms with van der Waals surface area (Å²) < 4.78 is 6.47. The third-order valence-electron chi connectivity index (χ3n) is 4.77. The predicted octanol–water partition coefficient (Wildman–Crippen LogP) is 2.35. The Morgan fingerprint density at radius 2 is 1.83 bits per heavy atom. The van der Waals surface area contributed by atoms with Crippen LogP contribution in [0, 0.1) is 17.8 Å². The lowest BCUT2D eigenvalue weighted by molar-refractivity contribution is 0.271. The molecule has 23 heavy (non-hydrogen) atoms. The molecule has 1 saturated heterocycles. The lowest BCUT2D eigenvalue weighted by Gasteiger charge is -2.19. The largest absolute Gasteiger partial charge is 0.476 e. The molecular formula is C16H18BrN5O. The van der Waals surface area contributed by atoms with Gasteiger partial charge in [0, 0.05) is 31.4 Å². The summed E-state index contributed by atoms with van der Waals surface area (Å²) in [5.74, 6) is 3.44. The van der Waals surface area contributed by atoms with Crippen LogP contribution in [0.25, 0.3) is 0 Å². The zero-order valence-electron chi connectivity index (χ0n) is 12.9. The Labute approximate surface area is 143 Å². The Morgan fingerprint density at radius 3 is 2.43 bits per heavy atom. The first-order chi connectivity index (χ1) is 11.2. The van der Waals surface area contributed by atoms with Gasteiger partial charge in [-0.2, -0.15) is 0 Å². The van der Waals surface area contributed by atoms with Crippen LogP contribution < -0.4 is 9.64 Å². The third-order valence-corrected chi connectivity index (χ3v) is 5.18. The molecule has 3 atom stereocenters. The second kappa shape index (κ2) is 6.03. The summed E-state index contributed by atoms with van der Waals surface area (Å²) >= 11 is 3.27. The first-order valence-corrected chi connectivity index (χ1v) is 8.70. The van der Waals surface area contributed by atoms with E-state index < -0.39 is 0 Å². The van der Waals surface area contributed by atoms with Crippen molar-refractivity contribution in [2.75, 3.05) is 24.6 Å². The van der Waals surface area contributed by atoms with Crippen molar-refractivity contribution in [1.82, 2.24) is 19.9 Å². The maximum absolute atomic E-state index is 5.75. The fourth-order valence-electron chi connectivity index (χ4n) is 3.31. The van der Waals surface area contributed by atoms with Crippen molar-refractivity contribution in [3.05, 3.63) is 35.0 Å². The summed E-state index contributed by atoms with van der Waals surface area (Å²) in [5.41, 5.74) is 1.18. The Bertz CT molecular complexity index is 666. The first kappa shape index (κ1) is 14.8. The monoisotopic (exact) mass is 375 g/mol. The maximum atomic E-state index is 5.75. The molecular weight excluding hydrogens is 358 g/mol. The number of hydrogen-bond acceptors (Lipinski definition) is 6. The Hall–Kier alpha value is -1.76. The zero-order valence-corrected chi connectivity index (χ0v) is 14.5. The molecule has 0 aromatic carbocycles. The number of halogens is 1. The van der Waals surface area contributed by atoms with Gasteiger partial charge in [0.2, 0.25) is 11.8 Å². The first-order valence-electron chi connectivity index (χ1n) is 7.91. The fraction of sp³-hybridized carbons (Fsp3) is 0.500. The smallest absolute Gasteiger partial charge is 0.232 e. The highest BCUT2D eigenvalue weighted by Gasteiger charge is 2.56. The standard InChI is InChI=1S/C16H18BrN5O/c1-2-10-3-20-16(21-4-10)22-7-11-12(8-22)13(11)9-23-15-6-18-14(17)5-19-15/h3-6,11-13H,2,7-9H2,1H3/t11-,12+,13+. The zero-order chi connectivity index (χ0) is 15.8. The van der Waals surface area contributed by atoms with Crippen molar-refractivity contribution in [3.63, 3.8) is 0 Å². The van der Waals surface area contributed by atoms with Crippen LogP contribution in [0.1, 0.15) is 12.5 Å². The topological polar surface area (TPSA) is 64.0 Å². The van der Waals surface area contributed by atoms with Gasteiger partial charge in [-0.3, -0.25) is 0 Å². The average Bonchev–Trinajstić information content (AvgIpc) is 3.04. The highest BCUT2D eigenvalue weighted by Crippen LogP contribution is 2.52. The minimum atomic E-state index is 0.591. The van der Waals surface area contributed by atoms with Gasteiger partial charge < -0.3 is 9.64 Å². The molecule has 0 amide bonds. The number of aromatic nitrogens is 4. The minimum absolute atomic E-state index is 0.591. The summed E-state index contributed by atoms with van der Waals surface area (Å²) in [7, 11) is 0. The molecule has 0 unspecified atom stereocenters. The molecule has 7 heteroatoms. The molecule has 6 nitrogen and oxygen atoms in total. The van der Waals surface area contributed by atoms with E-state index in [2.05, 4.69) is 47.7 Å². The van der Waals surface area contributed by atoms with Crippen LogP contribution in [0.15, 0.2) is 29.4 Å². The minimum Gasteiger partial charge on any atom is -0.476 e. The maximum Gasteiger partial charge on any atom is 0.232 e. The number of piperidine rings is 1. The van der Waals surface area contributed by atoms with E-state index >= 15 is 0 Å². The number of anilines is 1. The lowest BCUT2D eigenvalue weighted by atomic mass is 10.3. The number of ether oxygens (including phenoxy) is 1. The summed E-state index contributed by atoms with van der Waals surface area (Å²) in [4.78, 5) is 19.5. The quantitative estimate of drug-likeness (QED) is 0.798. The summed E-state index contributed by atoms with van der Waals surface area (Å²) in [6, 6.07) is 0. The normalized spacial score (nSPS) is 25.3. The van der Waals surface area contributed by atoms with E-state index in [-0.39, 0.29) is 0 Å². The van der Waals surface area contributed by atoms with E-state index in [1.807, 2.05) is 12.4 Å². The van der Waals surface area contributed by atoms with E-state index in [4.69, 9.17) is 4.74 Å². The SMILES string of the molecule is CCc1cnc(N2C[C@@H]3[C@@H](COc4cnc(Br)cn4)[C@@H]3C2)nc1. The lowest BCUT2D eigenvalue weighted by Crippen LogP contribution is -2.27. The number of nitrogens with zero attached hydrogens (tertiary/aromatic N) is 5. The number of rotatable bonds is 5. The van der Waals surface area contributed by atoms with Gasteiger partial charge in [-0.1, -0.05) is 6.92 Å². The number of aryl methyl sites for hydroxylation is 1. The van der Waals surface area contributed by atoms with Gasteiger partial charge in [-0.15, -0.1) is 0 Å². The number of hydrogen-bond donors (Lipinski definition) is 0. The van der Waals surface area contributed by atoms with E-state index in [9.17, 15) is 0 Å². The second-order valence-corrected chi connectivity index (χ2v) is 6.94. The average molecular weight is 376 g/mol. The molecule has 2 aliphatic rings. The molecule has 1 aliphatic carbocycles. The molecule has 2 fully saturated rings. The molecule has 3 heterocycles. The Morgan fingerprint density at radius 1 is 1.09 bits per heavy atom. The van der Waals surface area contributed by atoms with Crippen LogP contribution in [-0.2, 0) is 6.42 Å². The van der Waals surface area contributed by atoms with Crippen LogP contribution in [-0.4, -0.2) is 39.6 Å². The van der Waals surface area contributed by atoms with Gasteiger partial charge in [0.15, 0.2) is 0 Å². The molecule has 1 saturated carbocycles. The van der Waals surface area contributed by atoms with E-state index in [1.165, 1.54) is 5.56 Å². The van der Waals surface area contributed by atoms with Crippen LogP contribution in [0.5, 0.6) is 5.88 Å². The van der Waals surface area contributed by atoms with Crippen molar-refractivity contribution >= 4 is 21.9 Å². The molecule has 2 aromatic heterocycles. The van der Waals surface area contributed by atoms with Crippen molar-refractivity contribution in [3.8, 4) is 5.88 Å². The molecule has 2 aromatic rings. The van der Waals surface area contributed by atoms with Gasteiger partial charge in [0.05, 0.1) is 19.0 Å². The summed E-state index contributed by atoms with van der Waals surface area (Å²) in [5, 5.41) is 0. The summed E-state index contributed by atoms with van der Waals surface area (Å²) in [6.45, 7) is 4.88. The van der Waals surface area contributed by atoms with Crippen molar-refractivity contribution in [2.24, 2.45) is 17.8 Å². The van der Waals surface area contributed by atoms with Crippen molar-refractivity contribution in [1.29, 1.82) is 0 Å². The fourth-order valence-corrected chi connectivity index (χ4v) is 3.52. The Kier molecular flexibility index (Phi) is 3.88. The molecule has 4 rings (SSSR count). The summed E-state index contributed by atoms with van der Waals surface area (Å²) in [6.07, 6.45) is 8.14. The molecule has 0 radical (unpaired) electrons. The molecule has 0 spiro atoms. The highest BCUT2D eigenvalue weighted by atomic mass is 79.9. The molecule has 0 bridgehead atoms. The van der Waals surface area contributed by atoms with Crippen molar-refractivity contribution < 1.29 is 4.74 Å². The predicted molar refractivity (Wildman–Crippen MR) is 89.3 cm³/mol. The van der Waals surface area contributed by atoms with Crippen LogP contribution in [0.2, 0.25) is 0 Å². The Balaban J connectivity index is 1.28. The van der Waals surface area contributed by atoms with Crippen molar-refractivity contribution in [2.45, 2.75) is 13.3 Å². The third kappa shape index (κ3) is 3.02. The number of fused-ring (bicyclic) bond motifs is 1. The van der Waals surface area contributed by atoms with E-state index in [0.717, 1.165) is 36.7 Å². The van der Waals surface area contributed by atoms with Gasteiger partial charge in [0.25, 0.3) is 0 Å². The molecule has 120 valence electrons. The van der Waals surface area contributed by atoms with Gasteiger partial charge in [0.1, 0.15) is 4.60 Å². The van der Waals surface area contributed by atoms with Gasteiger partial charge in [-0.25, -0.2) is 19.9 Å². The highest BCUT2D eigenvalue weighted by molar-refractivity contribution is 9.10. The van der Waals surface area contributed by atoms with Crippen LogP contribution >= 0.6 is 15.9 Å². The van der Waals surface area contributed by atoms with Gasteiger partial charge in [-0.05, 0) is 39.8 Å². The molecule has 0 N–H and O–H groups in total. The second-order valence-electron chi connectivity index (χ2n) is 6.13. The molecule has 1 aliphatic heterocycles. The van der Waals surface area contributed by atoms with Crippen LogP contribution in [0.3, 0.4) is 0 Å². The van der Waals surface area contributed by atoms with Gasteiger partial charge >= 0.3 is 0 Å².